The second-order valence-corrected chi connectivity index (χ2v) is 6.41. The van der Waals surface area contributed by atoms with Gasteiger partial charge in [0.15, 0.2) is 0 Å². The maximum atomic E-state index is 12.3. The van der Waals surface area contributed by atoms with E-state index >= 15 is 0 Å². The van der Waals surface area contributed by atoms with E-state index in [1.165, 1.54) is 29.9 Å². The van der Waals surface area contributed by atoms with Gasteiger partial charge in [0.05, 0.1) is 11.1 Å². The molecule has 0 aliphatic carbocycles. The van der Waals surface area contributed by atoms with Crippen molar-refractivity contribution < 1.29 is 9.59 Å². The minimum absolute atomic E-state index is 0. The highest BCUT2D eigenvalue weighted by molar-refractivity contribution is 7.12. The van der Waals surface area contributed by atoms with Crippen molar-refractivity contribution in [3.8, 4) is 0 Å². The number of nitrogens with zero attached hydrogens (tertiary/aromatic N) is 4. The molecule has 25 heavy (non-hydrogen) atoms. The van der Waals surface area contributed by atoms with Crippen LogP contribution in [0, 0.1) is 0 Å². The van der Waals surface area contributed by atoms with Gasteiger partial charge in [-0.25, -0.2) is 4.98 Å². The number of hydrogen-bond acceptors (Lipinski definition) is 6. The second kappa shape index (κ2) is 9.45. The number of thiophene rings is 1. The number of carbonyl (C=O) groups is 2. The fourth-order valence-electron chi connectivity index (χ4n) is 2.57. The number of aromatic nitrogens is 2. The maximum Gasteiger partial charge on any atom is 0.271 e. The molecule has 1 aliphatic rings. The van der Waals surface area contributed by atoms with Crippen molar-refractivity contribution in [3.05, 3.63) is 46.7 Å². The molecule has 1 N–H and O–H groups in total. The number of amides is 2. The first-order valence-corrected chi connectivity index (χ1v) is 8.71. The Bertz CT molecular complexity index is 675. The molecule has 1 aliphatic heterocycles. The van der Waals surface area contributed by atoms with Crippen LogP contribution in [0.2, 0.25) is 0 Å². The number of piperazine rings is 1. The third-order valence-corrected chi connectivity index (χ3v) is 4.76. The number of carbonyl (C=O) groups excluding carboxylic acids is 2. The number of halogens is 1. The van der Waals surface area contributed by atoms with Crippen LogP contribution in [-0.2, 0) is 0 Å². The summed E-state index contributed by atoms with van der Waals surface area (Å²) in [6, 6.07) is 3.76. The zero-order chi connectivity index (χ0) is 16.8. The summed E-state index contributed by atoms with van der Waals surface area (Å²) >= 11 is 1.48. The summed E-state index contributed by atoms with van der Waals surface area (Å²) in [7, 11) is 0. The van der Waals surface area contributed by atoms with Gasteiger partial charge < -0.3 is 10.2 Å². The van der Waals surface area contributed by atoms with Gasteiger partial charge in [0.1, 0.15) is 5.69 Å². The Morgan fingerprint density at radius 3 is 2.64 bits per heavy atom. The Morgan fingerprint density at radius 1 is 1.20 bits per heavy atom. The summed E-state index contributed by atoms with van der Waals surface area (Å²) in [6.07, 6.45) is 4.48. The predicted molar refractivity (Wildman–Crippen MR) is 98.3 cm³/mol. The molecule has 1 fully saturated rings. The highest BCUT2D eigenvalue weighted by atomic mass is 35.5. The first kappa shape index (κ1) is 19.3. The van der Waals surface area contributed by atoms with Gasteiger partial charge in [0.25, 0.3) is 11.8 Å². The van der Waals surface area contributed by atoms with Crippen LogP contribution in [0.1, 0.15) is 20.2 Å². The zero-order valence-electron chi connectivity index (χ0n) is 13.6. The van der Waals surface area contributed by atoms with Crippen LogP contribution in [0.4, 0.5) is 0 Å². The summed E-state index contributed by atoms with van der Waals surface area (Å²) < 4.78 is 0. The number of nitrogens with one attached hydrogen (secondary N) is 1. The lowest BCUT2D eigenvalue weighted by atomic mass is 10.3. The summed E-state index contributed by atoms with van der Waals surface area (Å²) in [6.45, 7) is 4.38. The lowest BCUT2D eigenvalue weighted by molar-refractivity contribution is 0.0642. The van der Waals surface area contributed by atoms with E-state index in [2.05, 4.69) is 20.2 Å². The van der Waals surface area contributed by atoms with Crippen LogP contribution in [0.3, 0.4) is 0 Å². The van der Waals surface area contributed by atoms with Crippen LogP contribution in [0.5, 0.6) is 0 Å². The topological polar surface area (TPSA) is 78.4 Å². The van der Waals surface area contributed by atoms with E-state index in [1.54, 1.807) is 0 Å². The van der Waals surface area contributed by atoms with Crippen molar-refractivity contribution in [2.24, 2.45) is 0 Å². The van der Waals surface area contributed by atoms with E-state index in [0.717, 1.165) is 37.6 Å². The zero-order valence-corrected chi connectivity index (χ0v) is 15.3. The van der Waals surface area contributed by atoms with Crippen molar-refractivity contribution in [1.82, 2.24) is 25.1 Å². The average Bonchev–Trinajstić information content (AvgIpc) is 3.17. The molecule has 2 aromatic heterocycles. The van der Waals surface area contributed by atoms with Gasteiger partial charge in [0, 0.05) is 51.7 Å². The summed E-state index contributed by atoms with van der Waals surface area (Å²) in [5, 5.41) is 4.76. The fraction of sp³-hybridized carbons (Fsp3) is 0.375. The first-order valence-electron chi connectivity index (χ1n) is 7.83. The number of hydrogen-bond donors (Lipinski definition) is 1. The van der Waals surface area contributed by atoms with E-state index in [1.807, 2.05) is 22.4 Å². The highest BCUT2D eigenvalue weighted by Crippen LogP contribution is 2.13. The molecule has 0 aromatic carbocycles. The highest BCUT2D eigenvalue weighted by Gasteiger charge is 2.22. The SMILES string of the molecule is Cl.O=C(NCCN1CCN(C(=O)c2cccs2)CC1)c1cnccn1. The van der Waals surface area contributed by atoms with Crippen molar-refractivity contribution >= 4 is 35.6 Å². The van der Waals surface area contributed by atoms with Gasteiger partial charge in [-0.1, -0.05) is 6.07 Å². The van der Waals surface area contributed by atoms with Crippen LogP contribution >= 0.6 is 23.7 Å². The van der Waals surface area contributed by atoms with E-state index in [4.69, 9.17) is 0 Å². The van der Waals surface area contributed by atoms with Crippen LogP contribution in [-0.4, -0.2) is 70.9 Å². The molecule has 0 bridgehead atoms. The molecular weight excluding hydrogens is 362 g/mol. The van der Waals surface area contributed by atoms with E-state index < -0.39 is 0 Å². The van der Waals surface area contributed by atoms with E-state index in [9.17, 15) is 9.59 Å². The number of rotatable bonds is 5. The molecule has 1 saturated heterocycles. The minimum atomic E-state index is -0.213. The minimum Gasteiger partial charge on any atom is -0.349 e. The van der Waals surface area contributed by atoms with Crippen LogP contribution in [0.25, 0.3) is 0 Å². The van der Waals surface area contributed by atoms with Crippen molar-refractivity contribution in [3.63, 3.8) is 0 Å². The molecule has 3 rings (SSSR count). The summed E-state index contributed by atoms with van der Waals surface area (Å²) in [4.78, 5) is 36.9. The molecule has 0 radical (unpaired) electrons. The van der Waals surface area contributed by atoms with Gasteiger partial charge >= 0.3 is 0 Å². The summed E-state index contributed by atoms with van der Waals surface area (Å²) in [5.41, 5.74) is 0.323. The van der Waals surface area contributed by atoms with E-state index in [-0.39, 0.29) is 24.2 Å². The smallest absolute Gasteiger partial charge is 0.271 e. The third-order valence-electron chi connectivity index (χ3n) is 3.90. The first-order chi connectivity index (χ1) is 11.7. The predicted octanol–water partition coefficient (Wildman–Crippen LogP) is 1.15. The van der Waals surface area contributed by atoms with Crippen molar-refractivity contribution in [1.29, 1.82) is 0 Å². The van der Waals surface area contributed by atoms with Crippen LogP contribution < -0.4 is 5.32 Å². The molecule has 0 unspecified atom stereocenters. The Morgan fingerprint density at radius 2 is 2.00 bits per heavy atom. The van der Waals surface area contributed by atoms with Gasteiger partial charge in [-0.15, -0.1) is 23.7 Å². The molecule has 7 nitrogen and oxygen atoms in total. The molecule has 0 saturated carbocycles. The van der Waals surface area contributed by atoms with Gasteiger partial charge in [0.2, 0.25) is 0 Å². The van der Waals surface area contributed by atoms with E-state index in [0.29, 0.717) is 12.2 Å². The van der Waals surface area contributed by atoms with Crippen molar-refractivity contribution in [2.75, 3.05) is 39.3 Å². The second-order valence-electron chi connectivity index (χ2n) is 5.46. The molecule has 0 atom stereocenters. The Hall–Kier alpha value is -2.03. The Kier molecular flexibility index (Phi) is 7.30. The normalized spacial score (nSPS) is 14.6. The lowest BCUT2D eigenvalue weighted by Gasteiger charge is -2.34. The monoisotopic (exact) mass is 381 g/mol. The Labute approximate surface area is 156 Å². The average molecular weight is 382 g/mol. The standard InChI is InChI=1S/C16H19N5O2S.ClH/c22-15(13-12-17-3-4-18-13)19-5-6-20-7-9-21(10-8-20)16(23)14-2-1-11-24-14;/h1-4,11-12H,5-10H2,(H,19,22);1H. The maximum absolute atomic E-state index is 12.3. The van der Waals surface area contributed by atoms with Crippen molar-refractivity contribution in [2.45, 2.75) is 0 Å². The van der Waals surface area contributed by atoms with Gasteiger partial charge in [-0.3, -0.25) is 19.5 Å². The Balaban J connectivity index is 0.00000225. The molecule has 2 aromatic rings. The quantitative estimate of drug-likeness (QED) is 0.840. The molecule has 2 amide bonds. The molecule has 3 heterocycles. The van der Waals surface area contributed by atoms with Crippen LogP contribution in [0.15, 0.2) is 36.1 Å². The van der Waals surface area contributed by atoms with Gasteiger partial charge in [-0.2, -0.15) is 0 Å². The largest absolute Gasteiger partial charge is 0.349 e. The summed E-state index contributed by atoms with van der Waals surface area (Å²) in [5.74, 6) is -0.102. The molecule has 0 spiro atoms. The molecular formula is C16H20ClN5O2S. The fourth-order valence-corrected chi connectivity index (χ4v) is 3.26. The lowest BCUT2D eigenvalue weighted by Crippen LogP contribution is -2.50. The molecule has 134 valence electrons. The third kappa shape index (κ3) is 5.22. The van der Waals surface area contributed by atoms with Gasteiger partial charge in [-0.05, 0) is 11.4 Å². The molecule has 9 heteroatoms.